The van der Waals surface area contributed by atoms with Gasteiger partial charge in [-0.25, -0.2) is 0 Å². The summed E-state index contributed by atoms with van der Waals surface area (Å²) in [6, 6.07) is 0. The summed E-state index contributed by atoms with van der Waals surface area (Å²) in [5.74, 6) is 0.716. The molecule has 0 aromatic rings. The van der Waals surface area contributed by atoms with Crippen molar-refractivity contribution in [2.75, 3.05) is 26.7 Å². The van der Waals surface area contributed by atoms with Gasteiger partial charge in [0.2, 0.25) is 0 Å². The maximum atomic E-state index is 6.14. The zero-order valence-electron chi connectivity index (χ0n) is 11.1. The van der Waals surface area contributed by atoms with E-state index in [4.69, 9.17) is 16.3 Å². The summed E-state index contributed by atoms with van der Waals surface area (Å²) in [4.78, 5) is 2.54. The molecule has 1 aliphatic heterocycles. The molecule has 2 nitrogen and oxygen atoms in total. The van der Waals surface area contributed by atoms with Crippen LogP contribution in [0.2, 0.25) is 0 Å². The third-order valence-electron chi connectivity index (χ3n) is 3.86. The molecule has 0 aromatic heterocycles. The van der Waals surface area contributed by atoms with Crippen LogP contribution in [0, 0.1) is 5.92 Å². The summed E-state index contributed by atoms with van der Waals surface area (Å²) in [6.45, 7) is 9.96. The first-order valence-electron chi connectivity index (χ1n) is 6.36. The largest absolute Gasteiger partial charge is 0.379 e. The molecule has 1 unspecified atom stereocenters. The van der Waals surface area contributed by atoms with Crippen LogP contribution in [0.5, 0.6) is 0 Å². The quantitative estimate of drug-likeness (QED) is 0.692. The third-order valence-corrected chi connectivity index (χ3v) is 4.22. The lowest BCUT2D eigenvalue weighted by Gasteiger charge is -2.35. The number of methoxy groups -OCH3 is 1. The molecule has 1 heterocycles. The van der Waals surface area contributed by atoms with Gasteiger partial charge in [-0.2, -0.15) is 0 Å². The lowest BCUT2D eigenvalue weighted by molar-refractivity contribution is 0.00489. The number of ether oxygens (including phenoxy) is 1. The van der Waals surface area contributed by atoms with Gasteiger partial charge < -0.3 is 9.64 Å². The maximum absolute atomic E-state index is 6.14. The smallest absolute Gasteiger partial charge is 0.0634 e. The average Bonchev–Trinajstić information content (AvgIpc) is 2.27. The minimum Gasteiger partial charge on any atom is -0.379 e. The van der Waals surface area contributed by atoms with E-state index in [1.54, 1.807) is 7.11 Å². The number of halogens is 1. The molecular formula is C13H26ClNO. The lowest BCUT2D eigenvalue weighted by Crippen LogP contribution is -2.39. The van der Waals surface area contributed by atoms with Gasteiger partial charge in [0.15, 0.2) is 0 Å². The zero-order valence-corrected chi connectivity index (χ0v) is 11.9. The number of alkyl halides is 1. The van der Waals surface area contributed by atoms with Crippen molar-refractivity contribution in [3.05, 3.63) is 0 Å². The summed E-state index contributed by atoms with van der Waals surface area (Å²) in [7, 11) is 1.79. The van der Waals surface area contributed by atoms with Gasteiger partial charge in [0.25, 0.3) is 0 Å². The highest BCUT2D eigenvalue weighted by atomic mass is 35.5. The van der Waals surface area contributed by atoms with E-state index >= 15 is 0 Å². The lowest BCUT2D eigenvalue weighted by atomic mass is 9.93. The van der Waals surface area contributed by atoms with E-state index in [2.05, 4.69) is 25.7 Å². The van der Waals surface area contributed by atoms with E-state index in [-0.39, 0.29) is 5.60 Å². The number of likely N-dealkylation sites (tertiary alicyclic amines) is 1. The average molecular weight is 248 g/mol. The van der Waals surface area contributed by atoms with Crippen LogP contribution in [-0.4, -0.2) is 42.6 Å². The van der Waals surface area contributed by atoms with Crippen molar-refractivity contribution in [2.24, 2.45) is 5.92 Å². The van der Waals surface area contributed by atoms with Crippen LogP contribution >= 0.6 is 11.6 Å². The highest BCUT2D eigenvalue weighted by Crippen LogP contribution is 2.24. The monoisotopic (exact) mass is 247 g/mol. The van der Waals surface area contributed by atoms with Gasteiger partial charge in [0, 0.05) is 19.0 Å². The molecule has 3 heteroatoms. The summed E-state index contributed by atoms with van der Waals surface area (Å²) in [5.41, 5.74) is 0.0105. The standard InChI is InChI=1S/C13H26ClNO/c1-11(14)12-5-8-15(9-6-12)10-7-13(2,3)16-4/h11-12H,5-10H2,1-4H3. The Morgan fingerprint density at radius 2 is 1.94 bits per heavy atom. The molecule has 1 atom stereocenters. The van der Waals surface area contributed by atoms with E-state index < -0.39 is 0 Å². The number of hydrogen-bond acceptors (Lipinski definition) is 2. The summed E-state index contributed by atoms with van der Waals surface area (Å²) >= 11 is 6.14. The second-order valence-corrected chi connectivity index (χ2v) is 6.26. The van der Waals surface area contributed by atoms with Gasteiger partial charge in [-0.3, -0.25) is 0 Å². The van der Waals surface area contributed by atoms with Crippen LogP contribution in [0.15, 0.2) is 0 Å². The van der Waals surface area contributed by atoms with Gasteiger partial charge in [-0.15, -0.1) is 11.6 Å². The molecule has 1 fully saturated rings. The molecule has 0 aliphatic carbocycles. The SMILES string of the molecule is COC(C)(C)CCN1CCC(C(C)Cl)CC1. The van der Waals surface area contributed by atoms with Crippen molar-refractivity contribution in [1.82, 2.24) is 4.90 Å². The van der Waals surface area contributed by atoms with Crippen molar-refractivity contribution in [3.8, 4) is 0 Å². The first kappa shape index (κ1) is 14.3. The van der Waals surface area contributed by atoms with E-state index in [0.29, 0.717) is 11.3 Å². The highest BCUT2D eigenvalue weighted by Gasteiger charge is 2.24. The maximum Gasteiger partial charge on any atom is 0.0634 e. The van der Waals surface area contributed by atoms with Crippen LogP contribution in [0.4, 0.5) is 0 Å². The van der Waals surface area contributed by atoms with Crippen LogP contribution < -0.4 is 0 Å². The minimum atomic E-state index is 0.0105. The Hall–Kier alpha value is 0.210. The second-order valence-electron chi connectivity index (χ2n) is 5.57. The fourth-order valence-electron chi connectivity index (χ4n) is 2.17. The number of hydrogen-bond donors (Lipinski definition) is 0. The van der Waals surface area contributed by atoms with Gasteiger partial charge in [-0.05, 0) is 59.0 Å². The van der Waals surface area contributed by atoms with Gasteiger partial charge in [-0.1, -0.05) is 0 Å². The van der Waals surface area contributed by atoms with Crippen LogP contribution in [0.25, 0.3) is 0 Å². The first-order chi connectivity index (χ1) is 7.44. The molecule has 0 saturated carbocycles. The molecule has 0 amide bonds. The Kier molecular flexibility index (Phi) is 5.55. The molecule has 1 rings (SSSR count). The molecule has 0 spiro atoms. The van der Waals surface area contributed by atoms with Crippen molar-refractivity contribution in [1.29, 1.82) is 0 Å². The second kappa shape index (κ2) is 6.23. The number of nitrogens with zero attached hydrogens (tertiary/aromatic N) is 1. The van der Waals surface area contributed by atoms with Crippen molar-refractivity contribution in [3.63, 3.8) is 0 Å². The van der Waals surface area contributed by atoms with Crippen LogP contribution in [0.3, 0.4) is 0 Å². The van der Waals surface area contributed by atoms with Crippen molar-refractivity contribution in [2.45, 2.75) is 51.0 Å². The van der Waals surface area contributed by atoms with E-state index in [9.17, 15) is 0 Å². The fourth-order valence-corrected chi connectivity index (χ4v) is 2.42. The van der Waals surface area contributed by atoms with E-state index in [1.807, 2.05) is 0 Å². The van der Waals surface area contributed by atoms with Crippen LogP contribution in [0.1, 0.15) is 40.0 Å². The predicted molar refractivity (Wildman–Crippen MR) is 70.2 cm³/mol. The molecule has 1 aliphatic rings. The Labute approximate surface area is 105 Å². The number of piperidine rings is 1. The predicted octanol–water partition coefficient (Wildman–Crippen LogP) is 3.14. The molecule has 0 radical (unpaired) electrons. The van der Waals surface area contributed by atoms with Gasteiger partial charge in [0.05, 0.1) is 5.60 Å². The number of rotatable bonds is 5. The topological polar surface area (TPSA) is 12.5 Å². The van der Waals surface area contributed by atoms with Crippen LogP contribution in [-0.2, 0) is 4.74 Å². The highest BCUT2D eigenvalue weighted by molar-refractivity contribution is 6.20. The Bertz CT molecular complexity index is 198. The van der Waals surface area contributed by atoms with E-state index in [1.165, 1.54) is 25.9 Å². The third kappa shape index (κ3) is 4.60. The summed E-state index contributed by atoms with van der Waals surface area (Å²) in [5, 5.41) is 0.331. The molecule has 16 heavy (non-hydrogen) atoms. The van der Waals surface area contributed by atoms with E-state index in [0.717, 1.165) is 13.0 Å². The molecule has 0 aromatic carbocycles. The molecule has 96 valence electrons. The van der Waals surface area contributed by atoms with Crippen molar-refractivity contribution < 1.29 is 4.74 Å². The molecule has 1 saturated heterocycles. The van der Waals surface area contributed by atoms with Crippen molar-refractivity contribution >= 4 is 11.6 Å². The Morgan fingerprint density at radius 3 is 2.38 bits per heavy atom. The first-order valence-corrected chi connectivity index (χ1v) is 6.80. The molecule has 0 N–H and O–H groups in total. The Balaban J connectivity index is 2.22. The normalized spacial score (nSPS) is 22.3. The molecular weight excluding hydrogens is 222 g/mol. The van der Waals surface area contributed by atoms with Gasteiger partial charge in [0.1, 0.15) is 0 Å². The zero-order chi connectivity index (χ0) is 12.2. The fraction of sp³-hybridized carbons (Fsp3) is 1.00. The molecule has 0 bridgehead atoms. The van der Waals surface area contributed by atoms with Gasteiger partial charge >= 0.3 is 0 Å². The minimum absolute atomic E-state index is 0.0105. The Morgan fingerprint density at radius 1 is 1.38 bits per heavy atom. The summed E-state index contributed by atoms with van der Waals surface area (Å²) < 4.78 is 5.44. The summed E-state index contributed by atoms with van der Waals surface area (Å²) in [6.07, 6.45) is 3.60.